The Balaban J connectivity index is 1.32. The summed E-state index contributed by atoms with van der Waals surface area (Å²) in [5, 5.41) is 0. The number of piperidine rings is 1. The molecule has 2 amide bonds. The molecule has 2 aliphatic rings. The van der Waals surface area contributed by atoms with Gasteiger partial charge < -0.3 is 29.7 Å². The third kappa shape index (κ3) is 5.55. The molecule has 2 saturated heterocycles. The van der Waals surface area contributed by atoms with Crippen LogP contribution in [0.5, 0.6) is 17.2 Å². The molecule has 1 atom stereocenters. The van der Waals surface area contributed by atoms with E-state index in [9.17, 15) is 9.59 Å². The third-order valence-corrected chi connectivity index (χ3v) is 9.35. The van der Waals surface area contributed by atoms with E-state index < -0.39 is 5.41 Å². The van der Waals surface area contributed by atoms with Gasteiger partial charge in [-0.25, -0.2) is 0 Å². The molecule has 3 aromatic rings. The molecule has 2 fully saturated rings. The van der Waals surface area contributed by atoms with Gasteiger partial charge in [-0.3, -0.25) is 9.59 Å². The van der Waals surface area contributed by atoms with Crippen molar-refractivity contribution < 1.29 is 23.8 Å². The highest BCUT2D eigenvalue weighted by molar-refractivity contribution is 5.96. The van der Waals surface area contributed by atoms with Crippen LogP contribution in [-0.2, 0) is 15.6 Å². The number of amides is 2. The summed E-state index contributed by atoms with van der Waals surface area (Å²) in [6.45, 7) is 3.76. The van der Waals surface area contributed by atoms with E-state index in [2.05, 4.69) is 29.2 Å². The number of likely N-dealkylation sites (tertiary alicyclic amines) is 2. The van der Waals surface area contributed by atoms with Crippen LogP contribution in [-0.4, -0.2) is 75.7 Å². The van der Waals surface area contributed by atoms with Gasteiger partial charge in [0.15, 0.2) is 11.5 Å². The molecule has 42 heavy (non-hydrogen) atoms. The molecule has 8 nitrogen and oxygen atoms in total. The van der Waals surface area contributed by atoms with Crippen molar-refractivity contribution in [1.29, 1.82) is 0 Å². The number of nitrogens with zero attached hydrogens (tertiary/aromatic N) is 2. The lowest BCUT2D eigenvalue weighted by Crippen LogP contribution is -2.50. The summed E-state index contributed by atoms with van der Waals surface area (Å²) in [7, 11) is 4.65. The van der Waals surface area contributed by atoms with Crippen LogP contribution in [0.2, 0.25) is 0 Å². The highest BCUT2D eigenvalue weighted by Crippen LogP contribution is 2.42. The second kappa shape index (κ2) is 12.4. The average molecular weight is 572 g/mol. The number of rotatable bonds is 10. The first kappa shape index (κ1) is 29.5. The molecule has 0 aromatic heterocycles. The fourth-order valence-electron chi connectivity index (χ4n) is 6.77. The molecule has 0 aliphatic carbocycles. The number of methoxy groups -OCH3 is 3. The first-order valence-corrected chi connectivity index (χ1v) is 14.6. The van der Waals surface area contributed by atoms with Crippen LogP contribution < -0.4 is 19.9 Å². The Morgan fingerprint density at radius 2 is 1.36 bits per heavy atom. The van der Waals surface area contributed by atoms with Crippen molar-refractivity contribution >= 4 is 11.8 Å². The van der Waals surface area contributed by atoms with Gasteiger partial charge in [0, 0.05) is 24.1 Å². The van der Waals surface area contributed by atoms with Crippen LogP contribution in [0.25, 0.3) is 0 Å². The Kier molecular flexibility index (Phi) is 8.73. The van der Waals surface area contributed by atoms with E-state index >= 15 is 0 Å². The van der Waals surface area contributed by atoms with Gasteiger partial charge in [0.05, 0.1) is 26.7 Å². The minimum absolute atomic E-state index is 0.0564. The third-order valence-electron chi connectivity index (χ3n) is 9.35. The van der Waals surface area contributed by atoms with E-state index in [0.717, 1.165) is 38.0 Å². The normalized spacial score (nSPS) is 20.2. The molecular weight excluding hydrogens is 530 g/mol. The molecule has 2 N–H and O–H groups in total. The van der Waals surface area contributed by atoms with Gasteiger partial charge in [-0.1, -0.05) is 60.7 Å². The van der Waals surface area contributed by atoms with Crippen LogP contribution in [0, 0.1) is 0 Å². The predicted octanol–water partition coefficient (Wildman–Crippen LogP) is 4.41. The first-order chi connectivity index (χ1) is 20.4. The van der Waals surface area contributed by atoms with Crippen molar-refractivity contribution in [2.45, 2.75) is 36.5 Å². The van der Waals surface area contributed by atoms with Crippen molar-refractivity contribution in [3.8, 4) is 17.2 Å². The number of benzene rings is 3. The van der Waals surface area contributed by atoms with Gasteiger partial charge >= 0.3 is 0 Å². The van der Waals surface area contributed by atoms with Crippen molar-refractivity contribution in [2.75, 3.05) is 54.1 Å². The number of primary amides is 1. The fourth-order valence-corrected chi connectivity index (χ4v) is 6.77. The first-order valence-electron chi connectivity index (χ1n) is 14.6. The lowest BCUT2D eigenvalue weighted by molar-refractivity contribution is -0.125. The summed E-state index contributed by atoms with van der Waals surface area (Å²) in [5.41, 5.74) is 7.95. The summed E-state index contributed by atoms with van der Waals surface area (Å²) in [5.74, 6) is 1.08. The monoisotopic (exact) mass is 571 g/mol. The van der Waals surface area contributed by atoms with E-state index in [1.807, 2.05) is 41.3 Å². The molecule has 3 aromatic carbocycles. The SMILES string of the molecule is COc1cc(C(=O)N2CCC(CCN3CCC(C(N)=O)(c4ccccc4)CC3)(c3ccccc3)C2)cc(OC)c1OC. The smallest absolute Gasteiger partial charge is 0.254 e. The van der Waals surface area contributed by atoms with Crippen molar-refractivity contribution in [3.63, 3.8) is 0 Å². The van der Waals surface area contributed by atoms with Gasteiger partial charge in [-0.05, 0) is 68.6 Å². The Morgan fingerprint density at radius 1 is 0.786 bits per heavy atom. The maximum Gasteiger partial charge on any atom is 0.254 e. The zero-order valence-corrected chi connectivity index (χ0v) is 24.8. The van der Waals surface area contributed by atoms with Crippen LogP contribution in [0.4, 0.5) is 0 Å². The molecule has 2 heterocycles. The molecule has 1 unspecified atom stereocenters. The zero-order chi connectivity index (χ0) is 29.7. The van der Waals surface area contributed by atoms with Crippen LogP contribution in [0.3, 0.4) is 0 Å². The van der Waals surface area contributed by atoms with Gasteiger partial charge in [-0.2, -0.15) is 0 Å². The summed E-state index contributed by atoms with van der Waals surface area (Å²) in [4.78, 5) is 30.8. The highest BCUT2D eigenvalue weighted by atomic mass is 16.5. The quantitative estimate of drug-likeness (QED) is 0.388. The minimum Gasteiger partial charge on any atom is -0.493 e. The second-order valence-corrected chi connectivity index (χ2v) is 11.4. The summed E-state index contributed by atoms with van der Waals surface area (Å²) in [6.07, 6.45) is 3.19. The molecule has 0 saturated carbocycles. The Labute approximate surface area is 248 Å². The number of carbonyl (C=O) groups is 2. The van der Waals surface area contributed by atoms with Gasteiger partial charge in [0.1, 0.15) is 0 Å². The Morgan fingerprint density at radius 3 is 1.88 bits per heavy atom. The zero-order valence-electron chi connectivity index (χ0n) is 24.8. The Hall–Kier alpha value is -4.04. The predicted molar refractivity (Wildman–Crippen MR) is 162 cm³/mol. The minimum atomic E-state index is -0.619. The molecule has 0 radical (unpaired) electrons. The molecule has 5 rings (SSSR count). The maximum atomic E-state index is 13.8. The van der Waals surface area contributed by atoms with E-state index in [1.165, 1.54) is 5.56 Å². The number of nitrogens with two attached hydrogens (primary N) is 1. The van der Waals surface area contributed by atoms with Crippen LogP contribution in [0.1, 0.15) is 47.2 Å². The summed E-state index contributed by atoms with van der Waals surface area (Å²) < 4.78 is 16.4. The number of hydrogen-bond donors (Lipinski definition) is 1. The largest absolute Gasteiger partial charge is 0.493 e. The standard InChI is InChI=1S/C34H41N3O5/c1-40-28-22-25(23-29(41-2)30(28)42-3)31(38)37-21-15-33(24-37,26-10-6-4-7-11-26)14-18-36-19-16-34(17-20-36,32(35)39)27-12-8-5-9-13-27/h4-13,22-23H,14-21,24H2,1-3H3,(H2,35,39). The Bertz CT molecular complexity index is 1360. The maximum absolute atomic E-state index is 13.8. The molecular formula is C34H41N3O5. The van der Waals surface area contributed by atoms with Gasteiger partial charge in [-0.15, -0.1) is 0 Å². The lowest BCUT2D eigenvalue weighted by atomic mass is 9.71. The molecule has 222 valence electrons. The van der Waals surface area contributed by atoms with E-state index in [-0.39, 0.29) is 17.2 Å². The number of ether oxygens (including phenoxy) is 3. The summed E-state index contributed by atoms with van der Waals surface area (Å²) in [6, 6.07) is 23.9. The second-order valence-electron chi connectivity index (χ2n) is 11.4. The topological polar surface area (TPSA) is 94.3 Å². The van der Waals surface area contributed by atoms with Crippen molar-refractivity contribution in [1.82, 2.24) is 9.80 Å². The van der Waals surface area contributed by atoms with Crippen LogP contribution in [0.15, 0.2) is 72.8 Å². The van der Waals surface area contributed by atoms with Gasteiger partial charge in [0.2, 0.25) is 11.7 Å². The van der Waals surface area contributed by atoms with E-state index in [0.29, 0.717) is 48.7 Å². The molecule has 0 bridgehead atoms. The van der Waals surface area contributed by atoms with Crippen molar-refractivity contribution in [3.05, 3.63) is 89.5 Å². The highest BCUT2D eigenvalue weighted by Gasteiger charge is 2.44. The van der Waals surface area contributed by atoms with Crippen LogP contribution >= 0.6 is 0 Å². The molecule has 2 aliphatic heterocycles. The number of carbonyl (C=O) groups excluding carboxylic acids is 2. The summed E-state index contributed by atoms with van der Waals surface area (Å²) >= 11 is 0. The fraction of sp³-hybridized carbons (Fsp3) is 0.412. The number of hydrogen-bond acceptors (Lipinski definition) is 6. The van der Waals surface area contributed by atoms with Gasteiger partial charge in [0.25, 0.3) is 5.91 Å². The average Bonchev–Trinajstić information content (AvgIpc) is 3.49. The lowest BCUT2D eigenvalue weighted by Gasteiger charge is -2.41. The molecule has 0 spiro atoms. The van der Waals surface area contributed by atoms with Crippen molar-refractivity contribution in [2.24, 2.45) is 5.73 Å². The molecule has 8 heteroatoms. The van der Waals surface area contributed by atoms with E-state index in [4.69, 9.17) is 19.9 Å². The van der Waals surface area contributed by atoms with E-state index in [1.54, 1.807) is 33.5 Å².